The summed E-state index contributed by atoms with van der Waals surface area (Å²) in [4.78, 5) is 0. The van der Waals surface area contributed by atoms with Gasteiger partial charge in [-0.2, -0.15) is 0 Å². The molecule has 1 fully saturated rings. The maximum Gasteiger partial charge on any atom is 0.124 e. The molecule has 0 heterocycles. The molecule has 0 amide bonds. The highest BCUT2D eigenvalue weighted by Crippen LogP contribution is 2.30. The maximum atomic E-state index is 10.4. The Balaban J connectivity index is 1.97. The van der Waals surface area contributed by atoms with E-state index >= 15 is 0 Å². The number of hydrogen-bond acceptors (Lipinski definition) is 3. The summed E-state index contributed by atoms with van der Waals surface area (Å²) >= 11 is 0. The quantitative estimate of drug-likeness (QED) is 0.894. The van der Waals surface area contributed by atoms with E-state index in [0.717, 1.165) is 23.3 Å². The summed E-state index contributed by atoms with van der Waals surface area (Å²) in [6.07, 6.45) is 4.54. The van der Waals surface area contributed by atoms with Crippen molar-refractivity contribution < 1.29 is 14.6 Å². The second kappa shape index (κ2) is 7.09. The predicted octanol–water partition coefficient (Wildman–Crippen LogP) is 3.63. The number of methoxy groups -OCH3 is 1. The molecular formula is C17H26O3. The van der Waals surface area contributed by atoms with Crippen LogP contribution in [0.4, 0.5) is 0 Å². The Labute approximate surface area is 121 Å². The number of aliphatic hydroxyl groups is 1. The van der Waals surface area contributed by atoms with Gasteiger partial charge >= 0.3 is 0 Å². The van der Waals surface area contributed by atoms with Crippen molar-refractivity contribution in [3.05, 3.63) is 29.3 Å². The van der Waals surface area contributed by atoms with Crippen LogP contribution in [0, 0.1) is 12.8 Å². The standard InChI is InChI=1S/C17H26O3/c1-12-8-9-17(19-3)14(10-12)15(18)11-20-16-7-5-4-6-13(16)2/h8-10,13,15-16,18H,4-7,11H2,1-3H3. The fourth-order valence-electron chi connectivity index (χ4n) is 2.95. The van der Waals surface area contributed by atoms with Crippen molar-refractivity contribution in [1.82, 2.24) is 0 Å². The summed E-state index contributed by atoms with van der Waals surface area (Å²) in [5, 5.41) is 10.4. The van der Waals surface area contributed by atoms with E-state index in [-0.39, 0.29) is 6.10 Å². The van der Waals surface area contributed by atoms with E-state index in [1.165, 1.54) is 19.3 Å². The van der Waals surface area contributed by atoms with Crippen LogP contribution in [0.2, 0.25) is 0 Å². The molecule has 20 heavy (non-hydrogen) atoms. The van der Waals surface area contributed by atoms with Gasteiger partial charge in [0.15, 0.2) is 0 Å². The molecule has 1 aromatic rings. The molecule has 0 radical (unpaired) electrons. The van der Waals surface area contributed by atoms with Gasteiger partial charge in [0.05, 0.1) is 19.8 Å². The number of hydrogen-bond donors (Lipinski definition) is 1. The van der Waals surface area contributed by atoms with Gasteiger partial charge in [0, 0.05) is 5.56 Å². The molecule has 1 N–H and O–H groups in total. The van der Waals surface area contributed by atoms with Crippen LogP contribution in [-0.4, -0.2) is 24.9 Å². The van der Waals surface area contributed by atoms with Crippen molar-refractivity contribution >= 4 is 0 Å². The van der Waals surface area contributed by atoms with E-state index in [9.17, 15) is 5.11 Å². The Kier molecular flexibility index (Phi) is 5.44. The van der Waals surface area contributed by atoms with E-state index in [4.69, 9.17) is 9.47 Å². The highest BCUT2D eigenvalue weighted by molar-refractivity contribution is 5.38. The Bertz CT molecular complexity index is 430. The number of rotatable bonds is 5. The summed E-state index contributed by atoms with van der Waals surface area (Å²) in [6.45, 7) is 4.60. The molecule has 2 rings (SSSR count). The van der Waals surface area contributed by atoms with Crippen molar-refractivity contribution in [3.8, 4) is 5.75 Å². The normalized spacial score (nSPS) is 24.4. The third-order valence-corrected chi connectivity index (χ3v) is 4.25. The lowest BCUT2D eigenvalue weighted by Gasteiger charge is -2.29. The van der Waals surface area contributed by atoms with E-state index in [1.54, 1.807) is 7.11 Å². The first-order valence-corrected chi connectivity index (χ1v) is 7.56. The topological polar surface area (TPSA) is 38.7 Å². The molecule has 3 heteroatoms. The van der Waals surface area contributed by atoms with E-state index < -0.39 is 6.10 Å². The first-order valence-electron chi connectivity index (χ1n) is 7.56. The van der Waals surface area contributed by atoms with Crippen LogP contribution < -0.4 is 4.74 Å². The van der Waals surface area contributed by atoms with Gasteiger partial charge < -0.3 is 14.6 Å². The monoisotopic (exact) mass is 278 g/mol. The number of ether oxygens (including phenoxy) is 2. The number of aryl methyl sites for hydroxylation is 1. The molecule has 0 saturated heterocycles. The van der Waals surface area contributed by atoms with Crippen molar-refractivity contribution in [2.24, 2.45) is 5.92 Å². The molecule has 1 aromatic carbocycles. The molecule has 0 spiro atoms. The van der Waals surface area contributed by atoms with Crippen LogP contribution in [0.15, 0.2) is 18.2 Å². The van der Waals surface area contributed by atoms with Gasteiger partial charge in [-0.05, 0) is 37.8 Å². The fraction of sp³-hybridized carbons (Fsp3) is 0.647. The molecule has 0 aliphatic heterocycles. The number of benzene rings is 1. The van der Waals surface area contributed by atoms with Gasteiger partial charge in [-0.3, -0.25) is 0 Å². The average molecular weight is 278 g/mol. The van der Waals surface area contributed by atoms with Crippen LogP contribution in [-0.2, 0) is 4.74 Å². The van der Waals surface area contributed by atoms with Crippen molar-refractivity contribution in [2.75, 3.05) is 13.7 Å². The van der Waals surface area contributed by atoms with Crippen molar-refractivity contribution in [1.29, 1.82) is 0 Å². The van der Waals surface area contributed by atoms with Gasteiger partial charge in [0.1, 0.15) is 11.9 Å². The predicted molar refractivity (Wildman–Crippen MR) is 80.1 cm³/mol. The average Bonchev–Trinajstić information content (AvgIpc) is 2.46. The first kappa shape index (κ1) is 15.3. The molecule has 1 saturated carbocycles. The minimum absolute atomic E-state index is 0.286. The molecule has 3 nitrogen and oxygen atoms in total. The lowest BCUT2D eigenvalue weighted by Crippen LogP contribution is -2.27. The number of aliphatic hydroxyl groups excluding tert-OH is 1. The maximum absolute atomic E-state index is 10.4. The first-order chi connectivity index (χ1) is 9.61. The Morgan fingerprint density at radius 2 is 2.05 bits per heavy atom. The van der Waals surface area contributed by atoms with Gasteiger partial charge in [0.25, 0.3) is 0 Å². The minimum atomic E-state index is -0.626. The molecule has 0 aromatic heterocycles. The molecule has 3 unspecified atom stereocenters. The third kappa shape index (κ3) is 3.74. The summed E-state index contributed by atoms with van der Waals surface area (Å²) in [5.41, 5.74) is 1.93. The second-order valence-electron chi connectivity index (χ2n) is 5.89. The molecule has 1 aliphatic rings. The summed E-state index contributed by atoms with van der Waals surface area (Å²) in [5.74, 6) is 1.32. The van der Waals surface area contributed by atoms with Gasteiger partial charge in [-0.1, -0.05) is 31.4 Å². The Morgan fingerprint density at radius 3 is 2.75 bits per heavy atom. The zero-order chi connectivity index (χ0) is 14.5. The van der Waals surface area contributed by atoms with E-state index in [2.05, 4.69) is 6.92 Å². The SMILES string of the molecule is COc1ccc(C)cc1C(O)COC1CCCCC1C. The summed E-state index contributed by atoms with van der Waals surface area (Å²) in [6, 6.07) is 5.85. The largest absolute Gasteiger partial charge is 0.496 e. The highest BCUT2D eigenvalue weighted by atomic mass is 16.5. The molecular weight excluding hydrogens is 252 g/mol. The summed E-state index contributed by atoms with van der Waals surface area (Å²) in [7, 11) is 1.63. The lowest BCUT2D eigenvalue weighted by atomic mass is 9.88. The molecule has 112 valence electrons. The molecule has 0 bridgehead atoms. The van der Waals surface area contributed by atoms with Crippen LogP contribution in [0.25, 0.3) is 0 Å². The minimum Gasteiger partial charge on any atom is -0.496 e. The Hall–Kier alpha value is -1.06. The van der Waals surface area contributed by atoms with Crippen molar-refractivity contribution in [3.63, 3.8) is 0 Å². The lowest BCUT2D eigenvalue weighted by molar-refractivity contribution is -0.0472. The van der Waals surface area contributed by atoms with Crippen LogP contribution >= 0.6 is 0 Å². The van der Waals surface area contributed by atoms with Crippen molar-refractivity contribution in [2.45, 2.75) is 51.7 Å². The van der Waals surface area contributed by atoms with E-state index in [1.807, 2.05) is 25.1 Å². The smallest absolute Gasteiger partial charge is 0.124 e. The molecule has 3 atom stereocenters. The van der Waals surface area contributed by atoms with E-state index in [0.29, 0.717) is 12.5 Å². The molecule has 1 aliphatic carbocycles. The summed E-state index contributed by atoms with van der Waals surface area (Å²) < 4.78 is 11.3. The fourth-order valence-corrected chi connectivity index (χ4v) is 2.95. The van der Waals surface area contributed by atoms with Crippen LogP contribution in [0.5, 0.6) is 5.75 Å². The zero-order valence-corrected chi connectivity index (χ0v) is 12.8. The van der Waals surface area contributed by atoms with Gasteiger partial charge in [-0.15, -0.1) is 0 Å². The van der Waals surface area contributed by atoms with Crippen LogP contribution in [0.3, 0.4) is 0 Å². The zero-order valence-electron chi connectivity index (χ0n) is 12.8. The third-order valence-electron chi connectivity index (χ3n) is 4.25. The second-order valence-corrected chi connectivity index (χ2v) is 5.89. The van der Waals surface area contributed by atoms with Gasteiger partial charge in [-0.25, -0.2) is 0 Å². The Morgan fingerprint density at radius 1 is 1.30 bits per heavy atom. The van der Waals surface area contributed by atoms with Gasteiger partial charge in [0.2, 0.25) is 0 Å². The van der Waals surface area contributed by atoms with Crippen LogP contribution in [0.1, 0.15) is 49.8 Å². The highest BCUT2D eigenvalue weighted by Gasteiger charge is 2.23.